The Bertz CT molecular complexity index is 1030. The maximum absolute atomic E-state index is 12.7. The molecule has 1 aromatic heterocycles. The Hall–Kier alpha value is -2.48. The van der Waals surface area contributed by atoms with E-state index in [1.165, 1.54) is 4.57 Å². The van der Waals surface area contributed by atoms with Gasteiger partial charge in [-0.2, -0.15) is 0 Å². The van der Waals surface area contributed by atoms with E-state index >= 15 is 0 Å². The van der Waals surface area contributed by atoms with Crippen LogP contribution in [0.4, 0.5) is 0 Å². The van der Waals surface area contributed by atoms with Crippen LogP contribution in [0.3, 0.4) is 0 Å². The molecule has 2 aliphatic heterocycles. The molecule has 0 unspecified atom stereocenters. The number of H-pyrrole nitrogens is 1. The van der Waals surface area contributed by atoms with Gasteiger partial charge in [-0.25, -0.2) is 0 Å². The van der Waals surface area contributed by atoms with E-state index in [9.17, 15) is 14.4 Å². The van der Waals surface area contributed by atoms with Crippen LogP contribution in [0.25, 0.3) is 10.9 Å². The molecule has 0 saturated carbocycles. The van der Waals surface area contributed by atoms with Gasteiger partial charge in [-0.05, 0) is 50.0 Å². The zero-order valence-electron chi connectivity index (χ0n) is 16.4. The summed E-state index contributed by atoms with van der Waals surface area (Å²) in [6, 6.07) is 7.22. The fourth-order valence-electron chi connectivity index (χ4n) is 4.34. The van der Waals surface area contributed by atoms with Crippen molar-refractivity contribution in [1.82, 2.24) is 19.4 Å². The summed E-state index contributed by atoms with van der Waals surface area (Å²) in [4.78, 5) is 44.7. The van der Waals surface area contributed by atoms with Gasteiger partial charge in [-0.15, -0.1) is 0 Å². The number of nitrogens with zero attached hydrogens (tertiary/aromatic N) is 3. The van der Waals surface area contributed by atoms with Gasteiger partial charge < -0.3 is 14.8 Å². The number of carbonyl (C=O) groups is 2. The third-order valence-electron chi connectivity index (χ3n) is 6.05. The molecule has 154 valence electrons. The van der Waals surface area contributed by atoms with E-state index < -0.39 is 0 Å². The number of benzene rings is 1. The van der Waals surface area contributed by atoms with Crippen molar-refractivity contribution in [3.63, 3.8) is 0 Å². The molecule has 7 nitrogen and oxygen atoms in total. The summed E-state index contributed by atoms with van der Waals surface area (Å²) in [6.07, 6.45) is 3.85. The highest BCUT2D eigenvalue weighted by Crippen LogP contribution is 2.22. The Balaban J connectivity index is 1.35. The molecule has 0 radical (unpaired) electrons. The summed E-state index contributed by atoms with van der Waals surface area (Å²) >= 11 is 5.31. The lowest BCUT2D eigenvalue weighted by molar-refractivity contribution is -0.140. The van der Waals surface area contributed by atoms with E-state index in [2.05, 4.69) is 4.98 Å². The molecule has 1 aromatic carbocycles. The van der Waals surface area contributed by atoms with Crippen molar-refractivity contribution in [3.8, 4) is 0 Å². The lowest BCUT2D eigenvalue weighted by atomic mass is 9.95. The van der Waals surface area contributed by atoms with Crippen LogP contribution in [-0.4, -0.2) is 57.3 Å². The summed E-state index contributed by atoms with van der Waals surface area (Å²) < 4.78 is 1.79. The zero-order chi connectivity index (χ0) is 20.4. The molecule has 0 atom stereocenters. The third-order valence-corrected chi connectivity index (χ3v) is 6.38. The average molecular weight is 415 g/mol. The minimum atomic E-state index is -0.174. The Morgan fingerprint density at radius 2 is 1.72 bits per heavy atom. The summed E-state index contributed by atoms with van der Waals surface area (Å²) in [5.41, 5.74) is 0.530. The van der Waals surface area contributed by atoms with Crippen molar-refractivity contribution in [2.24, 2.45) is 5.92 Å². The average Bonchev–Trinajstić information content (AvgIpc) is 3.28. The van der Waals surface area contributed by atoms with Crippen LogP contribution in [0.15, 0.2) is 29.1 Å². The van der Waals surface area contributed by atoms with E-state index in [4.69, 9.17) is 12.2 Å². The number of para-hydroxylation sites is 1. The van der Waals surface area contributed by atoms with E-state index in [1.54, 1.807) is 6.07 Å². The fourth-order valence-corrected chi connectivity index (χ4v) is 4.62. The van der Waals surface area contributed by atoms with Gasteiger partial charge in [0.15, 0.2) is 4.77 Å². The summed E-state index contributed by atoms with van der Waals surface area (Å²) in [6.45, 7) is 3.20. The van der Waals surface area contributed by atoms with Crippen LogP contribution in [0, 0.1) is 10.7 Å². The number of carbonyl (C=O) groups excluding carboxylic acids is 2. The molecule has 0 aliphatic carbocycles. The smallest absolute Gasteiger partial charge is 0.262 e. The van der Waals surface area contributed by atoms with Gasteiger partial charge in [0, 0.05) is 45.1 Å². The van der Waals surface area contributed by atoms with Crippen molar-refractivity contribution < 1.29 is 9.59 Å². The minimum absolute atomic E-state index is 0.00605. The monoisotopic (exact) mass is 414 g/mol. The number of amides is 2. The second-order valence-electron chi connectivity index (χ2n) is 7.87. The second kappa shape index (κ2) is 8.49. The van der Waals surface area contributed by atoms with Gasteiger partial charge in [0.25, 0.3) is 5.56 Å². The maximum Gasteiger partial charge on any atom is 0.262 e. The molecule has 8 heteroatoms. The molecule has 2 fully saturated rings. The van der Waals surface area contributed by atoms with Gasteiger partial charge >= 0.3 is 0 Å². The number of fused-ring (bicyclic) bond motifs is 1. The van der Waals surface area contributed by atoms with Crippen molar-refractivity contribution >= 4 is 34.9 Å². The number of likely N-dealkylation sites (tertiary alicyclic amines) is 2. The van der Waals surface area contributed by atoms with Gasteiger partial charge in [0.2, 0.25) is 11.8 Å². The SMILES string of the molecule is O=C(CCn1c(=S)[nH]c2ccccc2c1=O)N1CCC(C(=O)N2CCCC2)CC1. The molecule has 1 N–H and O–H groups in total. The van der Waals surface area contributed by atoms with Crippen molar-refractivity contribution in [1.29, 1.82) is 0 Å². The quantitative estimate of drug-likeness (QED) is 0.779. The number of hydrogen-bond acceptors (Lipinski definition) is 4. The number of piperidine rings is 1. The van der Waals surface area contributed by atoms with Crippen molar-refractivity contribution in [3.05, 3.63) is 39.4 Å². The zero-order valence-corrected chi connectivity index (χ0v) is 17.2. The van der Waals surface area contributed by atoms with E-state index in [1.807, 2.05) is 28.0 Å². The molecule has 0 spiro atoms. The number of rotatable bonds is 4. The van der Waals surface area contributed by atoms with Gasteiger partial charge in [-0.3, -0.25) is 19.0 Å². The van der Waals surface area contributed by atoms with Crippen LogP contribution < -0.4 is 5.56 Å². The first-order valence-electron chi connectivity index (χ1n) is 10.3. The molecular weight excluding hydrogens is 388 g/mol. The van der Waals surface area contributed by atoms with E-state index in [-0.39, 0.29) is 36.3 Å². The highest BCUT2D eigenvalue weighted by Gasteiger charge is 2.31. The molecule has 2 aromatic rings. The first-order valence-corrected chi connectivity index (χ1v) is 10.7. The highest BCUT2D eigenvalue weighted by atomic mass is 32.1. The number of hydrogen-bond donors (Lipinski definition) is 1. The normalized spacial score (nSPS) is 17.8. The van der Waals surface area contributed by atoms with Gasteiger partial charge in [-0.1, -0.05) is 12.1 Å². The van der Waals surface area contributed by atoms with E-state index in [0.717, 1.165) is 38.8 Å². The van der Waals surface area contributed by atoms with Crippen LogP contribution in [0.2, 0.25) is 0 Å². The van der Waals surface area contributed by atoms with Crippen LogP contribution >= 0.6 is 12.2 Å². The maximum atomic E-state index is 12.7. The standard InChI is InChI=1S/C21H26N4O3S/c26-18(23-12-7-15(8-13-23)19(27)24-10-3-4-11-24)9-14-25-20(28)16-5-1-2-6-17(16)22-21(25)29/h1-2,5-6,15H,3-4,7-14H2,(H,22,29). The Morgan fingerprint density at radius 1 is 1.03 bits per heavy atom. The fraction of sp³-hybridized carbons (Fsp3) is 0.524. The Labute approximate surface area is 174 Å². The molecule has 0 bridgehead atoms. The van der Waals surface area contributed by atoms with Crippen molar-refractivity contribution in [2.75, 3.05) is 26.2 Å². The van der Waals surface area contributed by atoms with Crippen LogP contribution in [0.1, 0.15) is 32.1 Å². The predicted octanol–water partition coefficient (Wildman–Crippen LogP) is 2.31. The minimum Gasteiger partial charge on any atom is -0.343 e. The molecule has 2 amide bonds. The molecular formula is C21H26N4O3S. The first kappa shape index (κ1) is 19.8. The number of nitrogens with one attached hydrogen (secondary N) is 1. The van der Waals surface area contributed by atoms with Crippen LogP contribution in [-0.2, 0) is 16.1 Å². The summed E-state index contributed by atoms with van der Waals surface area (Å²) in [5.74, 6) is 0.296. The number of aromatic amines is 1. The molecule has 2 aliphatic rings. The first-order chi connectivity index (χ1) is 14.0. The van der Waals surface area contributed by atoms with Gasteiger partial charge in [0.1, 0.15) is 0 Å². The topological polar surface area (TPSA) is 78.4 Å². The summed E-state index contributed by atoms with van der Waals surface area (Å²) in [7, 11) is 0. The Kier molecular flexibility index (Phi) is 5.80. The largest absolute Gasteiger partial charge is 0.343 e. The molecule has 2 saturated heterocycles. The van der Waals surface area contributed by atoms with Crippen LogP contribution in [0.5, 0.6) is 0 Å². The Morgan fingerprint density at radius 3 is 2.45 bits per heavy atom. The molecule has 3 heterocycles. The molecule has 29 heavy (non-hydrogen) atoms. The predicted molar refractivity (Wildman–Crippen MR) is 113 cm³/mol. The second-order valence-corrected chi connectivity index (χ2v) is 8.26. The highest BCUT2D eigenvalue weighted by molar-refractivity contribution is 7.71. The summed E-state index contributed by atoms with van der Waals surface area (Å²) in [5, 5.41) is 0.565. The van der Waals surface area contributed by atoms with Crippen molar-refractivity contribution in [2.45, 2.75) is 38.6 Å². The van der Waals surface area contributed by atoms with E-state index in [0.29, 0.717) is 28.8 Å². The number of aromatic nitrogens is 2. The molecule has 4 rings (SSSR count). The van der Waals surface area contributed by atoms with Gasteiger partial charge in [0.05, 0.1) is 10.9 Å². The third kappa shape index (κ3) is 4.12. The lowest BCUT2D eigenvalue weighted by Gasteiger charge is -2.33. The lowest BCUT2D eigenvalue weighted by Crippen LogP contribution is -2.44.